The number of carbonyl (C=O) groups excluding carboxylic acids is 1. The lowest BCUT2D eigenvalue weighted by molar-refractivity contribution is -0.142. The molecule has 0 heterocycles. The fourth-order valence-electron chi connectivity index (χ4n) is 1.18. The monoisotopic (exact) mass is 231 g/mol. The van der Waals surface area contributed by atoms with E-state index in [9.17, 15) is 9.18 Å². The van der Waals surface area contributed by atoms with Crippen LogP contribution in [-0.4, -0.2) is 19.1 Å². The second kappa shape index (κ2) is 5.09. The minimum absolute atomic E-state index is 0.00291. The van der Waals surface area contributed by atoms with E-state index in [-0.39, 0.29) is 11.4 Å². The first kappa shape index (κ1) is 11.9. The molecule has 0 unspecified atom stereocenters. The predicted octanol–water partition coefficient (Wildman–Crippen LogP) is 1.52. The van der Waals surface area contributed by atoms with E-state index in [1.54, 1.807) is 6.07 Å². The standard InChI is InChI=1S/C10H11ClFNO2/c1-15-10(14)8(13)5-6-3-2-4-7(12)9(6)11/h2-4,8H,5,13H2,1H3/t8-/m0/s1. The van der Waals surface area contributed by atoms with Gasteiger partial charge in [0.05, 0.1) is 12.1 Å². The van der Waals surface area contributed by atoms with E-state index in [2.05, 4.69) is 4.74 Å². The van der Waals surface area contributed by atoms with E-state index in [4.69, 9.17) is 17.3 Å². The van der Waals surface area contributed by atoms with E-state index >= 15 is 0 Å². The van der Waals surface area contributed by atoms with Crippen LogP contribution in [0, 0.1) is 5.82 Å². The zero-order chi connectivity index (χ0) is 11.4. The Balaban J connectivity index is 2.81. The lowest BCUT2D eigenvalue weighted by atomic mass is 10.1. The Morgan fingerprint density at radius 2 is 2.33 bits per heavy atom. The minimum atomic E-state index is -0.825. The van der Waals surface area contributed by atoms with Gasteiger partial charge in [-0.3, -0.25) is 4.79 Å². The molecule has 0 aliphatic rings. The summed E-state index contributed by atoms with van der Waals surface area (Å²) in [6.07, 6.45) is 0.156. The highest BCUT2D eigenvalue weighted by molar-refractivity contribution is 6.31. The lowest BCUT2D eigenvalue weighted by Gasteiger charge is -2.10. The van der Waals surface area contributed by atoms with Crippen LogP contribution >= 0.6 is 11.6 Å². The van der Waals surface area contributed by atoms with Gasteiger partial charge in [-0.05, 0) is 18.1 Å². The molecule has 0 aliphatic carbocycles. The number of halogens is 2. The molecule has 1 aromatic carbocycles. The van der Waals surface area contributed by atoms with E-state index in [1.165, 1.54) is 19.2 Å². The van der Waals surface area contributed by atoms with Gasteiger partial charge in [0.1, 0.15) is 11.9 Å². The van der Waals surface area contributed by atoms with Gasteiger partial charge in [0, 0.05) is 0 Å². The molecule has 82 valence electrons. The fourth-order valence-corrected chi connectivity index (χ4v) is 1.38. The van der Waals surface area contributed by atoms with Crippen molar-refractivity contribution in [2.45, 2.75) is 12.5 Å². The Bertz CT molecular complexity index is 370. The number of hydrogen-bond donors (Lipinski definition) is 1. The Hall–Kier alpha value is -1.13. The van der Waals surface area contributed by atoms with Crippen molar-refractivity contribution >= 4 is 17.6 Å². The van der Waals surface area contributed by atoms with Gasteiger partial charge in [0.25, 0.3) is 0 Å². The van der Waals surface area contributed by atoms with Crippen LogP contribution in [0.3, 0.4) is 0 Å². The van der Waals surface area contributed by atoms with Crippen molar-refractivity contribution in [2.75, 3.05) is 7.11 Å². The van der Waals surface area contributed by atoms with Crippen molar-refractivity contribution < 1.29 is 13.9 Å². The van der Waals surface area contributed by atoms with E-state index in [0.29, 0.717) is 5.56 Å². The molecule has 0 amide bonds. The molecule has 3 nitrogen and oxygen atoms in total. The third-order valence-electron chi connectivity index (χ3n) is 1.98. The van der Waals surface area contributed by atoms with Gasteiger partial charge in [0.15, 0.2) is 0 Å². The summed E-state index contributed by atoms with van der Waals surface area (Å²) in [4.78, 5) is 11.0. The van der Waals surface area contributed by atoms with Crippen molar-refractivity contribution in [3.8, 4) is 0 Å². The largest absolute Gasteiger partial charge is 0.468 e. The SMILES string of the molecule is COC(=O)[C@@H](N)Cc1cccc(F)c1Cl. The molecule has 1 rings (SSSR count). The number of esters is 1. The molecule has 0 aromatic heterocycles. The Kier molecular flexibility index (Phi) is 4.05. The Morgan fingerprint density at radius 1 is 1.67 bits per heavy atom. The van der Waals surface area contributed by atoms with Gasteiger partial charge in [-0.15, -0.1) is 0 Å². The highest BCUT2D eigenvalue weighted by Crippen LogP contribution is 2.20. The van der Waals surface area contributed by atoms with Crippen LogP contribution in [0.15, 0.2) is 18.2 Å². The molecule has 0 saturated heterocycles. The normalized spacial score (nSPS) is 12.3. The molecular formula is C10H11ClFNO2. The smallest absolute Gasteiger partial charge is 0.322 e. The molecule has 0 saturated carbocycles. The Labute approximate surface area is 92.0 Å². The number of carbonyl (C=O) groups is 1. The van der Waals surface area contributed by atoms with Gasteiger partial charge in [-0.25, -0.2) is 4.39 Å². The molecule has 0 spiro atoms. The average Bonchev–Trinajstić information content (AvgIpc) is 2.23. The van der Waals surface area contributed by atoms with Crippen LogP contribution in [-0.2, 0) is 16.0 Å². The second-order valence-electron chi connectivity index (χ2n) is 3.05. The highest BCUT2D eigenvalue weighted by atomic mass is 35.5. The highest BCUT2D eigenvalue weighted by Gasteiger charge is 2.16. The van der Waals surface area contributed by atoms with Crippen molar-refractivity contribution in [1.29, 1.82) is 0 Å². The van der Waals surface area contributed by atoms with Gasteiger partial charge < -0.3 is 10.5 Å². The molecule has 1 aromatic rings. The third-order valence-corrected chi connectivity index (χ3v) is 2.40. The first-order valence-electron chi connectivity index (χ1n) is 4.32. The second-order valence-corrected chi connectivity index (χ2v) is 3.42. The van der Waals surface area contributed by atoms with Gasteiger partial charge in [-0.1, -0.05) is 23.7 Å². The van der Waals surface area contributed by atoms with Crippen LogP contribution < -0.4 is 5.73 Å². The molecule has 5 heteroatoms. The van der Waals surface area contributed by atoms with E-state index < -0.39 is 17.8 Å². The number of rotatable bonds is 3. The van der Waals surface area contributed by atoms with Gasteiger partial charge >= 0.3 is 5.97 Å². The summed E-state index contributed by atoms with van der Waals surface area (Å²) in [6, 6.07) is 3.55. The van der Waals surface area contributed by atoms with E-state index in [1.807, 2.05) is 0 Å². The molecule has 15 heavy (non-hydrogen) atoms. The maximum Gasteiger partial charge on any atom is 0.322 e. The van der Waals surface area contributed by atoms with Crippen molar-refractivity contribution in [1.82, 2.24) is 0 Å². The van der Waals surface area contributed by atoms with E-state index in [0.717, 1.165) is 0 Å². The number of ether oxygens (including phenoxy) is 1. The summed E-state index contributed by atoms with van der Waals surface area (Å²) in [5.41, 5.74) is 6.02. The molecular weight excluding hydrogens is 221 g/mol. The first-order valence-corrected chi connectivity index (χ1v) is 4.70. The number of benzene rings is 1. The zero-order valence-electron chi connectivity index (χ0n) is 8.17. The van der Waals surface area contributed by atoms with Crippen LogP contribution in [0.5, 0.6) is 0 Å². The quantitative estimate of drug-likeness (QED) is 0.803. The molecule has 1 atom stereocenters. The maximum absolute atomic E-state index is 13.0. The summed E-state index contributed by atoms with van der Waals surface area (Å²) in [6.45, 7) is 0. The van der Waals surface area contributed by atoms with Crippen molar-refractivity contribution in [3.05, 3.63) is 34.6 Å². The van der Waals surface area contributed by atoms with Crippen LogP contribution in [0.1, 0.15) is 5.56 Å². The number of hydrogen-bond acceptors (Lipinski definition) is 3. The third kappa shape index (κ3) is 2.91. The number of methoxy groups -OCH3 is 1. The molecule has 2 N–H and O–H groups in total. The summed E-state index contributed by atoms with van der Waals surface area (Å²) < 4.78 is 17.5. The summed E-state index contributed by atoms with van der Waals surface area (Å²) >= 11 is 5.70. The minimum Gasteiger partial charge on any atom is -0.468 e. The fraction of sp³-hybridized carbons (Fsp3) is 0.300. The molecule has 0 bridgehead atoms. The molecule has 0 fully saturated rings. The summed E-state index contributed by atoms with van der Waals surface area (Å²) in [7, 11) is 1.25. The average molecular weight is 232 g/mol. The maximum atomic E-state index is 13.0. The zero-order valence-corrected chi connectivity index (χ0v) is 8.92. The van der Waals surface area contributed by atoms with Crippen LogP contribution in [0.25, 0.3) is 0 Å². The molecule has 0 radical (unpaired) electrons. The Morgan fingerprint density at radius 3 is 2.93 bits per heavy atom. The lowest BCUT2D eigenvalue weighted by Crippen LogP contribution is -2.33. The van der Waals surface area contributed by atoms with Crippen molar-refractivity contribution in [2.24, 2.45) is 5.73 Å². The molecule has 0 aliphatic heterocycles. The van der Waals surface area contributed by atoms with Crippen LogP contribution in [0.4, 0.5) is 4.39 Å². The van der Waals surface area contributed by atoms with Gasteiger partial charge in [0.2, 0.25) is 0 Å². The van der Waals surface area contributed by atoms with Gasteiger partial charge in [-0.2, -0.15) is 0 Å². The topological polar surface area (TPSA) is 52.3 Å². The van der Waals surface area contributed by atoms with Crippen molar-refractivity contribution in [3.63, 3.8) is 0 Å². The summed E-state index contributed by atoms with van der Waals surface area (Å²) in [5.74, 6) is -1.07. The first-order chi connectivity index (χ1) is 7.06. The van der Waals surface area contributed by atoms with Crippen LogP contribution in [0.2, 0.25) is 5.02 Å². The predicted molar refractivity (Wildman–Crippen MR) is 55.1 cm³/mol. The number of nitrogens with two attached hydrogens (primary N) is 1. The summed E-state index contributed by atoms with van der Waals surface area (Å²) in [5, 5.41) is -0.00291.